The zero-order valence-corrected chi connectivity index (χ0v) is 16.0. The first-order valence-electron chi connectivity index (χ1n) is 8.59. The Hall–Kier alpha value is -2.98. The number of benzene rings is 3. The maximum atomic E-state index is 13.0. The number of methoxy groups -OCH3 is 1. The molecule has 138 valence electrons. The van der Waals surface area contributed by atoms with Crippen molar-refractivity contribution in [1.82, 2.24) is 0 Å². The average Bonchev–Trinajstić information content (AvgIpc) is 2.68. The summed E-state index contributed by atoms with van der Waals surface area (Å²) in [6, 6.07) is 22.0. The molecule has 0 heterocycles. The van der Waals surface area contributed by atoms with Gasteiger partial charge >= 0.3 is 0 Å². The topological polar surface area (TPSA) is 50.4 Å². The Bertz CT molecular complexity index is 911. The van der Waals surface area contributed by atoms with E-state index in [9.17, 15) is 4.79 Å². The fraction of sp³-hybridized carbons (Fsp3) is 0.136. The minimum Gasteiger partial charge on any atom is -0.495 e. The highest BCUT2D eigenvalue weighted by Crippen LogP contribution is 2.29. The van der Waals surface area contributed by atoms with Gasteiger partial charge in [0, 0.05) is 11.4 Å². The van der Waals surface area contributed by atoms with Gasteiger partial charge < -0.3 is 15.4 Å². The molecule has 1 atom stereocenters. The van der Waals surface area contributed by atoms with Crippen molar-refractivity contribution in [1.29, 1.82) is 0 Å². The van der Waals surface area contributed by atoms with Crippen molar-refractivity contribution in [2.45, 2.75) is 13.0 Å². The molecule has 4 nitrogen and oxygen atoms in total. The van der Waals surface area contributed by atoms with Gasteiger partial charge in [0.05, 0.1) is 12.1 Å². The summed E-state index contributed by atoms with van der Waals surface area (Å²) in [4.78, 5) is 13.0. The summed E-state index contributed by atoms with van der Waals surface area (Å²) in [5.41, 5.74) is 3.47. The van der Waals surface area contributed by atoms with Crippen LogP contribution in [0.15, 0.2) is 72.8 Å². The smallest absolute Gasteiger partial charge is 0.251 e. The number of halogens is 1. The molecule has 0 spiro atoms. The molecule has 2 N–H and O–H groups in total. The third kappa shape index (κ3) is 4.80. The van der Waals surface area contributed by atoms with E-state index in [0.29, 0.717) is 10.8 Å². The van der Waals surface area contributed by atoms with Gasteiger partial charge in [-0.2, -0.15) is 0 Å². The van der Waals surface area contributed by atoms with E-state index in [1.807, 2.05) is 67.6 Å². The van der Waals surface area contributed by atoms with Crippen molar-refractivity contribution in [3.8, 4) is 5.75 Å². The number of anilines is 2. The highest BCUT2D eigenvalue weighted by atomic mass is 35.5. The Balaban J connectivity index is 1.86. The Morgan fingerprint density at radius 3 is 2.26 bits per heavy atom. The predicted octanol–water partition coefficient (Wildman–Crippen LogP) is 5.45. The predicted molar refractivity (Wildman–Crippen MR) is 111 cm³/mol. The lowest BCUT2D eigenvalue weighted by Gasteiger charge is -2.20. The number of carbonyl (C=O) groups excluding carboxylic acids is 1. The van der Waals surface area contributed by atoms with Gasteiger partial charge in [-0.25, -0.2) is 0 Å². The van der Waals surface area contributed by atoms with Crippen molar-refractivity contribution >= 4 is 28.9 Å². The lowest BCUT2D eigenvalue weighted by atomic mass is 10.1. The fourth-order valence-corrected chi connectivity index (χ4v) is 2.98. The summed E-state index contributed by atoms with van der Waals surface area (Å²) in [6.07, 6.45) is 0. The number of amides is 1. The number of aryl methyl sites for hydroxylation is 1. The normalized spacial score (nSPS) is 11.5. The Labute approximate surface area is 164 Å². The van der Waals surface area contributed by atoms with Crippen molar-refractivity contribution < 1.29 is 9.53 Å². The fourth-order valence-electron chi connectivity index (χ4n) is 2.72. The molecule has 1 unspecified atom stereocenters. The first kappa shape index (κ1) is 18.8. The van der Waals surface area contributed by atoms with Crippen molar-refractivity contribution in [3.05, 3.63) is 88.9 Å². The molecule has 1 amide bonds. The molecule has 0 saturated heterocycles. The lowest BCUT2D eigenvalue weighted by Crippen LogP contribution is -2.27. The summed E-state index contributed by atoms with van der Waals surface area (Å²) in [5.74, 6) is 0.430. The largest absolute Gasteiger partial charge is 0.495 e. The Kier molecular flexibility index (Phi) is 5.99. The summed E-state index contributed by atoms with van der Waals surface area (Å²) in [5, 5.41) is 6.71. The maximum Gasteiger partial charge on any atom is 0.251 e. The molecule has 0 aliphatic heterocycles. The molecule has 0 fully saturated rings. The van der Waals surface area contributed by atoms with Crippen molar-refractivity contribution in [3.63, 3.8) is 0 Å². The molecule has 3 aromatic carbocycles. The second-order valence-corrected chi connectivity index (χ2v) is 6.60. The maximum absolute atomic E-state index is 13.0. The number of hydrogen-bond acceptors (Lipinski definition) is 3. The van der Waals surface area contributed by atoms with Gasteiger partial charge in [-0.05, 0) is 42.8 Å². The molecule has 5 heteroatoms. The van der Waals surface area contributed by atoms with Crippen LogP contribution < -0.4 is 15.4 Å². The van der Waals surface area contributed by atoms with Gasteiger partial charge in [0.2, 0.25) is 0 Å². The first-order chi connectivity index (χ1) is 13.1. The zero-order valence-electron chi connectivity index (χ0n) is 15.2. The third-order valence-electron chi connectivity index (χ3n) is 4.18. The van der Waals surface area contributed by atoms with Crippen LogP contribution in [0.1, 0.15) is 17.2 Å². The highest BCUT2D eigenvalue weighted by Gasteiger charge is 2.21. The van der Waals surface area contributed by atoms with Crippen molar-refractivity contribution in [2.75, 3.05) is 17.7 Å². The Morgan fingerprint density at radius 2 is 1.63 bits per heavy atom. The van der Waals surface area contributed by atoms with Gasteiger partial charge in [0.15, 0.2) is 0 Å². The van der Waals surface area contributed by atoms with Gasteiger partial charge in [-0.15, -0.1) is 0 Å². The van der Waals surface area contributed by atoms with Crippen LogP contribution >= 0.6 is 11.6 Å². The molecule has 3 aromatic rings. The van der Waals surface area contributed by atoms with Crippen LogP contribution in [0.5, 0.6) is 5.75 Å². The average molecular weight is 381 g/mol. The molecule has 0 aromatic heterocycles. The van der Waals surface area contributed by atoms with Crippen LogP contribution in [-0.2, 0) is 4.79 Å². The highest BCUT2D eigenvalue weighted by molar-refractivity contribution is 6.32. The molecule has 0 aliphatic rings. The van der Waals surface area contributed by atoms with E-state index in [2.05, 4.69) is 10.6 Å². The van der Waals surface area contributed by atoms with Crippen LogP contribution in [0, 0.1) is 6.92 Å². The molecule has 0 bridgehead atoms. The minimum atomic E-state index is -0.572. The van der Waals surface area contributed by atoms with Gasteiger partial charge in [0.25, 0.3) is 5.91 Å². The van der Waals surface area contributed by atoms with E-state index in [1.165, 1.54) is 0 Å². The number of carbonyl (C=O) groups is 1. The van der Waals surface area contributed by atoms with E-state index in [-0.39, 0.29) is 5.91 Å². The third-order valence-corrected chi connectivity index (χ3v) is 4.47. The minimum absolute atomic E-state index is 0.156. The standard InChI is InChI=1S/C22H21ClN2O2/c1-15-8-10-17(11-9-15)25-22(26)21(16-6-4-3-5-7-16)24-18-12-13-20(27-2)19(23)14-18/h3-14,21,24H,1-2H3,(H,25,26). The Morgan fingerprint density at radius 1 is 0.963 bits per heavy atom. The number of rotatable bonds is 6. The summed E-state index contributed by atoms with van der Waals surface area (Å²) < 4.78 is 5.19. The van der Waals surface area contributed by atoms with Crippen molar-refractivity contribution in [2.24, 2.45) is 0 Å². The molecule has 3 rings (SSSR count). The molecule has 0 saturated carbocycles. The van der Waals surface area contributed by atoms with Crippen LogP contribution in [0.3, 0.4) is 0 Å². The SMILES string of the molecule is COc1ccc(NC(C(=O)Nc2ccc(C)cc2)c2ccccc2)cc1Cl. The molecule has 27 heavy (non-hydrogen) atoms. The molecular weight excluding hydrogens is 360 g/mol. The zero-order chi connectivity index (χ0) is 19.2. The second kappa shape index (κ2) is 8.60. The van der Waals surface area contributed by atoms with Gasteiger partial charge in [-0.3, -0.25) is 4.79 Å². The summed E-state index contributed by atoms with van der Waals surface area (Å²) in [7, 11) is 1.57. The second-order valence-electron chi connectivity index (χ2n) is 6.19. The van der Waals surface area contributed by atoms with E-state index in [4.69, 9.17) is 16.3 Å². The summed E-state index contributed by atoms with van der Waals surface area (Å²) >= 11 is 6.22. The molecule has 0 aliphatic carbocycles. The van der Waals surface area contributed by atoms with E-state index in [0.717, 1.165) is 22.5 Å². The molecule has 0 radical (unpaired) electrons. The monoisotopic (exact) mass is 380 g/mol. The van der Waals surface area contributed by atoms with Crippen LogP contribution in [0.2, 0.25) is 5.02 Å². The van der Waals surface area contributed by atoms with Gasteiger partial charge in [-0.1, -0.05) is 59.6 Å². The van der Waals surface area contributed by atoms with Crippen LogP contribution in [0.25, 0.3) is 0 Å². The molecular formula is C22H21ClN2O2. The van der Waals surface area contributed by atoms with Gasteiger partial charge in [0.1, 0.15) is 11.8 Å². The number of hydrogen-bond donors (Lipinski definition) is 2. The number of ether oxygens (including phenoxy) is 1. The quantitative estimate of drug-likeness (QED) is 0.597. The number of nitrogens with one attached hydrogen (secondary N) is 2. The van der Waals surface area contributed by atoms with E-state index < -0.39 is 6.04 Å². The van der Waals surface area contributed by atoms with E-state index >= 15 is 0 Å². The first-order valence-corrected chi connectivity index (χ1v) is 8.97. The van der Waals surface area contributed by atoms with Crippen LogP contribution in [-0.4, -0.2) is 13.0 Å². The van der Waals surface area contributed by atoms with Crippen LogP contribution in [0.4, 0.5) is 11.4 Å². The van der Waals surface area contributed by atoms with E-state index in [1.54, 1.807) is 19.2 Å². The summed E-state index contributed by atoms with van der Waals surface area (Å²) in [6.45, 7) is 2.01. The lowest BCUT2D eigenvalue weighted by molar-refractivity contribution is -0.117.